The van der Waals surface area contributed by atoms with Gasteiger partial charge < -0.3 is 10.3 Å². The number of nitrogens with one attached hydrogen (secondary N) is 3. The number of aromatic nitrogens is 2. The second kappa shape index (κ2) is 6.10. The minimum Gasteiger partial charge on any atom is -0.326 e. The standard InChI is InChI=1S/C16H13ClN4O2/c1-9(22)18-14-8-10(17)6-7-11(14)15(23)21-16-19-12-4-2-3-5-13(12)20-16/h2-8H,1H3,(H,18,22)(H2,19,20,21,23). The van der Waals surface area contributed by atoms with Crippen LogP contribution in [0.15, 0.2) is 42.5 Å². The van der Waals surface area contributed by atoms with Crippen molar-refractivity contribution in [2.45, 2.75) is 6.92 Å². The predicted molar refractivity (Wildman–Crippen MR) is 89.8 cm³/mol. The van der Waals surface area contributed by atoms with Crippen LogP contribution in [0.25, 0.3) is 11.0 Å². The Bertz CT molecular complexity index is 871. The second-order valence-corrected chi connectivity index (χ2v) is 5.36. The number of anilines is 2. The fourth-order valence-electron chi connectivity index (χ4n) is 2.19. The molecule has 0 atom stereocenters. The lowest BCUT2D eigenvalue weighted by Gasteiger charge is -2.09. The highest BCUT2D eigenvalue weighted by atomic mass is 35.5. The zero-order valence-corrected chi connectivity index (χ0v) is 12.9. The molecule has 0 spiro atoms. The Labute approximate surface area is 136 Å². The summed E-state index contributed by atoms with van der Waals surface area (Å²) in [6.07, 6.45) is 0. The van der Waals surface area contributed by atoms with Gasteiger partial charge in [-0.15, -0.1) is 0 Å². The number of imidazole rings is 1. The van der Waals surface area contributed by atoms with Gasteiger partial charge in [-0.1, -0.05) is 23.7 Å². The van der Waals surface area contributed by atoms with E-state index in [4.69, 9.17) is 11.6 Å². The van der Waals surface area contributed by atoms with E-state index in [-0.39, 0.29) is 5.91 Å². The first kappa shape index (κ1) is 15.1. The summed E-state index contributed by atoms with van der Waals surface area (Å²) >= 11 is 5.92. The maximum atomic E-state index is 12.4. The molecule has 1 heterocycles. The van der Waals surface area contributed by atoms with Gasteiger partial charge in [0.15, 0.2) is 0 Å². The molecule has 0 saturated heterocycles. The van der Waals surface area contributed by atoms with Crippen LogP contribution in [0.4, 0.5) is 11.6 Å². The van der Waals surface area contributed by atoms with Gasteiger partial charge in [-0.05, 0) is 30.3 Å². The SMILES string of the molecule is CC(=O)Nc1cc(Cl)ccc1C(=O)Nc1nc2ccccc2[nH]1. The molecule has 7 heteroatoms. The normalized spacial score (nSPS) is 10.5. The molecule has 0 aliphatic carbocycles. The van der Waals surface area contributed by atoms with Crippen molar-refractivity contribution in [1.82, 2.24) is 9.97 Å². The first-order chi connectivity index (χ1) is 11.0. The first-order valence-electron chi connectivity index (χ1n) is 6.86. The van der Waals surface area contributed by atoms with Crippen molar-refractivity contribution in [1.29, 1.82) is 0 Å². The molecule has 116 valence electrons. The maximum Gasteiger partial charge on any atom is 0.260 e. The molecule has 0 radical (unpaired) electrons. The number of carbonyl (C=O) groups is 2. The highest BCUT2D eigenvalue weighted by Gasteiger charge is 2.14. The van der Waals surface area contributed by atoms with Crippen LogP contribution in [0.3, 0.4) is 0 Å². The molecule has 1 aromatic heterocycles. The number of H-pyrrole nitrogens is 1. The van der Waals surface area contributed by atoms with Gasteiger partial charge >= 0.3 is 0 Å². The lowest BCUT2D eigenvalue weighted by Crippen LogP contribution is -2.17. The number of hydrogen-bond acceptors (Lipinski definition) is 3. The summed E-state index contributed by atoms with van der Waals surface area (Å²) in [5, 5.41) is 5.70. The van der Waals surface area contributed by atoms with E-state index in [9.17, 15) is 9.59 Å². The van der Waals surface area contributed by atoms with Crippen LogP contribution in [0.2, 0.25) is 5.02 Å². The predicted octanol–water partition coefficient (Wildman–Crippen LogP) is 3.43. The first-order valence-corrected chi connectivity index (χ1v) is 7.24. The van der Waals surface area contributed by atoms with Crippen molar-refractivity contribution < 1.29 is 9.59 Å². The van der Waals surface area contributed by atoms with Crippen molar-refractivity contribution >= 4 is 46.1 Å². The van der Waals surface area contributed by atoms with E-state index in [0.717, 1.165) is 11.0 Å². The highest BCUT2D eigenvalue weighted by Crippen LogP contribution is 2.22. The molecule has 0 saturated carbocycles. The number of hydrogen-bond donors (Lipinski definition) is 3. The summed E-state index contributed by atoms with van der Waals surface area (Å²) < 4.78 is 0. The third-order valence-corrected chi connectivity index (χ3v) is 3.39. The zero-order chi connectivity index (χ0) is 16.4. The molecule has 2 amide bonds. The Morgan fingerprint density at radius 2 is 1.91 bits per heavy atom. The van der Waals surface area contributed by atoms with E-state index >= 15 is 0 Å². The van der Waals surface area contributed by atoms with Crippen molar-refractivity contribution in [2.75, 3.05) is 10.6 Å². The molecule has 0 bridgehead atoms. The largest absolute Gasteiger partial charge is 0.326 e. The summed E-state index contributed by atoms with van der Waals surface area (Å²) in [4.78, 5) is 31.0. The van der Waals surface area contributed by atoms with Crippen LogP contribution in [-0.2, 0) is 4.79 Å². The van der Waals surface area contributed by atoms with Crippen LogP contribution in [-0.4, -0.2) is 21.8 Å². The van der Waals surface area contributed by atoms with Gasteiger partial charge in [0.25, 0.3) is 5.91 Å². The van der Waals surface area contributed by atoms with Gasteiger partial charge in [0.05, 0.1) is 22.3 Å². The number of benzene rings is 2. The highest BCUT2D eigenvalue weighted by molar-refractivity contribution is 6.31. The monoisotopic (exact) mass is 328 g/mol. The minimum absolute atomic E-state index is 0.287. The number of aromatic amines is 1. The molecule has 0 unspecified atom stereocenters. The molecule has 3 rings (SSSR count). The number of rotatable bonds is 3. The van der Waals surface area contributed by atoms with Gasteiger partial charge in [-0.3, -0.25) is 14.9 Å². The van der Waals surface area contributed by atoms with E-state index in [1.807, 2.05) is 24.3 Å². The van der Waals surface area contributed by atoms with Gasteiger partial charge in [0.2, 0.25) is 11.9 Å². The van der Waals surface area contributed by atoms with Crippen LogP contribution in [0.5, 0.6) is 0 Å². The van der Waals surface area contributed by atoms with Crippen LogP contribution < -0.4 is 10.6 Å². The third-order valence-electron chi connectivity index (χ3n) is 3.16. The topological polar surface area (TPSA) is 86.9 Å². The zero-order valence-electron chi connectivity index (χ0n) is 12.2. The number of fused-ring (bicyclic) bond motifs is 1. The molecule has 0 aliphatic heterocycles. The Kier molecular flexibility index (Phi) is 3.99. The molecule has 23 heavy (non-hydrogen) atoms. The number of carbonyl (C=O) groups excluding carboxylic acids is 2. The fraction of sp³-hybridized carbons (Fsp3) is 0.0625. The molecule has 6 nitrogen and oxygen atoms in total. The third kappa shape index (κ3) is 3.32. The molecular weight excluding hydrogens is 316 g/mol. The van der Waals surface area contributed by atoms with Crippen molar-refractivity contribution in [3.05, 3.63) is 53.1 Å². The van der Waals surface area contributed by atoms with Crippen LogP contribution in [0.1, 0.15) is 17.3 Å². The quantitative estimate of drug-likeness (QED) is 0.688. The average molecular weight is 329 g/mol. The lowest BCUT2D eigenvalue weighted by atomic mass is 10.1. The Balaban J connectivity index is 1.89. The van der Waals surface area contributed by atoms with Crippen molar-refractivity contribution in [3.63, 3.8) is 0 Å². The Hall–Kier alpha value is -2.86. The van der Waals surface area contributed by atoms with E-state index in [0.29, 0.717) is 22.2 Å². The molecular formula is C16H13ClN4O2. The summed E-state index contributed by atoms with van der Waals surface area (Å²) in [6, 6.07) is 12.1. The second-order valence-electron chi connectivity index (χ2n) is 4.93. The molecule has 3 N–H and O–H groups in total. The van der Waals surface area contributed by atoms with E-state index < -0.39 is 5.91 Å². The number of para-hydroxylation sites is 2. The molecule has 0 fully saturated rings. The van der Waals surface area contributed by atoms with Gasteiger partial charge in [0.1, 0.15) is 0 Å². The molecule has 0 aliphatic rings. The number of halogens is 1. The number of amides is 2. The van der Waals surface area contributed by atoms with E-state index in [1.165, 1.54) is 13.0 Å². The molecule has 2 aromatic carbocycles. The summed E-state index contributed by atoms with van der Waals surface area (Å²) in [5.74, 6) is -0.352. The summed E-state index contributed by atoms with van der Waals surface area (Å²) in [7, 11) is 0. The van der Waals surface area contributed by atoms with Crippen LogP contribution >= 0.6 is 11.6 Å². The Morgan fingerprint density at radius 3 is 2.65 bits per heavy atom. The fourth-order valence-corrected chi connectivity index (χ4v) is 2.37. The average Bonchev–Trinajstić information content (AvgIpc) is 2.88. The Morgan fingerprint density at radius 1 is 1.13 bits per heavy atom. The van der Waals surface area contributed by atoms with Crippen molar-refractivity contribution in [3.8, 4) is 0 Å². The van der Waals surface area contributed by atoms with Gasteiger partial charge in [-0.25, -0.2) is 4.98 Å². The van der Waals surface area contributed by atoms with Crippen molar-refractivity contribution in [2.24, 2.45) is 0 Å². The summed E-state index contributed by atoms with van der Waals surface area (Å²) in [6.45, 7) is 1.36. The van der Waals surface area contributed by atoms with Gasteiger partial charge in [-0.2, -0.15) is 0 Å². The van der Waals surface area contributed by atoms with Crippen LogP contribution in [0, 0.1) is 0 Å². The minimum atomic E-state index is -0.399. The number of nitrogens with zero attached hydrogens (tertiary/aromatic N) is 1. The maximum absolute atomic E-state index is 12.4. The summed E-state index contributed by atoms with van der Waals surface area (Å²) in [5.41, 5.74) is 2.21. The smallest absolute Gasteiger partial charge is 0.260 e. The van der Waals surface area contributed by atoms with E-state index in [1.54, 1.807) is 12.1 Å². The van der Waals surface area contributed by atoms with Gasteiger partial charge in [0, 0.05) is 11.9 Å². The van der Waals surface area contributed by atoms with E-state index in [2.05, 4.69) is 20.6 Å². The lowest BCUT2D eigenvalue weighted by molar-refractivity contribution is -0.114. The molecule has 3 aromatic rings.